The third-order valence-corrected chi connectivity index (χ3v) is 5.71. The third kappa shape index (κ3) is 3.33. The van der Waals surface area contributed by atoms with Crippen molar-refractivity contribution < 1.29 is 9.90 Å². The van der Waals surface area contributed by atoms with Gasteiger partial charge in [-0.1, -0.05) is 23.2 Å². The van der Waals surface area contributed by atoms with Crippen molar-refractivity contribution in [2.24, 2.45) is 7.05 Å². The summed E-state index contributed by atoms with van der Waals surface area (Å²) in [4.78, 5) is 13.9. The van der Waals surface area contributed by atoms with Crippen molar-refractivity contribution in [2.75, 3.05) is 13.6 Å². The fourth-order valence-corrected chi connectivity index (χ4v) is 4.11. The van der Waals surface area contributed by atoms with Crippen molar-refractivity contribution in [1.29, 1.82) is 5.41 Å². The lowest BCUT2D eigenvalue weighted by Gasteiger charge is -2.29. The van der Waals surface area contributed by atoms with Crippen LogP contribution in [0.5, 0.6) is 0 Å². The molecular weight excluding hydrogens is 387 g/mol. The first kappa shape index (κ1) is 19.7. The summed E-state index contributed by atoms with van der Waals surface area (Å²) >= 11 is 12.9. The molecular formula is C19H22Cl2N4O2. The van der Waals surface area contributed by atoms with Gasteiger partial charge in [-0.15, -0.1) is 0 Å². The maximum Gasteiger partial charge on any atom is 0.251 e. The van der Waals surface area contributed by atoms with Crippen molar-refractivity contribution in [1.82, 2.24) is 14.8 Å². The van der Waals surface area contributed by atoms with Gasteiger partial charge in [0.2, 0.25) is 0 Å². The Morgan fingerprint density at radius 3 is 2.78 bits per heavy atom. The summed E-state index contributed by atoms with van der Waals surface area (Å²) < 4.78 is 2.00. The van der Waals surface area contributed by atoms with Crippen LogP contribution in [0.4, 0.5) is 0 Å². The van der Waals surface area contributed by atoms with E-state index in [0.717, 1.165) is 22.2 Å². The van der Waals surface area contributed by atoms with E-state index in [1.807, 2.05) is 11.6 Å². The van der Waals surface area contributed by atoms with Gasteiger partial charge in [0.1, 0.15) is 6.10 Å². The number of hydrogen-bond acceptors (Lipinski definition) is 4. The Kier molecular flexibility index (Phi) is 5.51. The number of benzene rings is 1. The van der Waals surface area contributed by atoms with Gasteiger partial charge in [-0.3, -0.25) is 4.79 Å². The SMILES string of the molecule is CN/C=C\C(=N)c1cc(Cl)c(Cl)c2c1c1c(n2C)CCN(C(=O)[C@@H](C)O)C1. The first-order chi connectivity index (χ1) is 12.8. The summed E-state index contributed by atoms with van der Waals surface area (Å²) in [6.07, 6.45) is 2.93. The van der Waals surface area contributed by atoms with Gasteiger partial charge in [0.05, 0.1) is 21.3 Å². The number of aryl methyl sites for hydroxylation is 1. The Bertz CT molecular complexity index is 963. The molecule has 27 heavy (non-hydrogen) atoms. The lowest BCUT2D eigenvalue weighted by atomic mass is 9.97. The number of hydrogen-bond donors (Lipinski definition) is 3. The predicted octanol–water partition coefficient (Wildman–Crippen LogP) is 2.85. The van der Waals surface area contributed by atoms with Gasteiger partial charge in [-0.05, 0) is 25.3 Å². The summed E-state index contributed by atoms with van der Waals surface area (Å²) in [6.45, 7) is 2.37. The van der Waals surface area contributed by atoms with E-state index in [1.165, 1.54) is 6.92 Å². The second-order valence-corrected chi connectivity index (χ2v) is 7.43. The van der Waals surface area contributed by atoms with Crippen LogP contribution in [-0.4, -0.2) is 45.9 Å². The lowest BCUT2D eigenvalue weighted by Crippen LogP contribution is -2.41. The number of fused-ring (bicyclic) bond motifs is 3. The lowest BCUT2D eigenvalue weighted by molar-refractivity contribution is -0.140. The highest BCUT2D eigenvalue weighted by atomic mass is 35.5. The summed E-state index contributed by atoms with van der Waals surface area (Å²) in [6, 6.07) is 1.70. The van der Waals surface area contributed by atoms with E-state index in [2.05, 4.69) is 5.32 Å². The minimum absolute atomic E-state index is 0.292. The zero-order chi connectivity index (χ0) is 19.9. The molecule has 6 nitrogen and oxygen atoms in total. The van der Waals surface area contributed by atoms with Crippen LogP contribution in [0.3, 0.4) is 0 Å². The minimum Gasteiger partial charge on any atom is -0.394 e. The van der Waals surface area contributed by atoms with Gasteiger partial charge < -0.3 is 25.3 Å². The molecule has 0 saturated heterocycles. The van der Waals surface area contributed by atoms with E-state index >= 15 is 0 Å². The molecule has 0 aliphatic carbocycles. The molecule has 1 aliphatic heterocycles. The highest BCUT2D eigenvalue weighted by Crippen LogP contribution is 2.40. The number of halogens is 2. The van der Waals surface area contributed by atoms with E-state index in [1.54, 1.807) is 30.3 Å². The molecule has 1 atom stereocenters. The van der Waals surface area contributed by atoms with E-state index < -0.39 is 6.10 Å². The molecule has 0 fully saturated rings. The minimum atomic E-state index is -1.05. The second kappa shape index (κ2) is 7.54. The molecule has 0 unspecified atom stereocenters. The molecule has 1 amide bonds. The van der Waals surface area contributed by atoms with Crippen molar-refractivity contribution >= 4 is 45.7 Å². The first-order valence-corrected chi connectivity index (χ1v) is 9.41. The van der Waals surface area contributed by atoms with Crippen LogP contribution in [0.15, 0.2) is 18.3 Å². The number of aliphatic hydroxyl groups excluding tert-OH is 1. The van der Waals surface area contributed by atoms with Crippen molar-refractivity contribution in [3.63, 3.8) is 0 Å². The average Bonchev–Trinajstić information content (AvgIpc) is 2.94. The number of carbonyl (C=O) groups excluding carboxylic acids is 1. The number of aliphatic hydroxyl groups is 1. The van der Waals surface area contributed by atoms with Crippen LogP contribution in [0.1, 0.15) is 23.7 Å². The van der Waals surface area contributed by atoms with Crippen molar-refractivity contribution in [2.45, 2.75) is 26.0 Å². The fraction of sp³-hybridized carbons (Fsp3) is 0.368. The van der Waals surface area contributed by atoms with E-state index in [9.17, 15) is 9.90 Å². The molecule has 1 aliphatic rings. The van der Waals surface area contributed by atoms with Gasteiger partial charge in [0.15, 0.2) is 0 Å². The summed E-state index contributed by atoms with van der Waals surface area (Å²) in [7, 11) is 3.69. The van der Waals surface area contributed by atoms with Gasteiger partial charge >= 0.3 is 0 Å². The Labute approximate surface area is 167 Å². The number of carbonyl (C=O) groups is 1. The highest BCUT2D eigenvalue weighted by Gasteiger charge is 2.30. The maximum absolute atomic E-state index is 12.3. The molecule has 0 saturated carbocycles. The van der Waals surface area contributed by atoms with Crippen LogP contribution < -0.4 is 5.32 Å². The van der Waals surface area contributed by atoms with E-state index in [0.29, 0.717) is 40.8 Å². The number of nitrogens with one attached hydrogen (secondary N) is 2. The fourth-order valence-electron chi connectivity index (χ4n) is 3.64. The second-order valence-electron chi connectivity index (χ2n) is 6.65. The van der Waals surface area contributed by atoms with Gasteiger partial charge in [0, 0.05) is 55.8 Å². The smallest absolute Gasteiger partial charge is 0.251 e. The van der Waals surface area contributed by atoms with Crippen LogP contribution in [0.25, 0.3) is 10.9 Å². The Balaban J connectivity index is 2.24. The molecule has 8 heteroatoms. The standard InChI is InChI=1S/C19H22Cl2N4O2/c1-10(26)19(27)25-7-5-15-12(9-25)16-11(14(22)4-6-23-2)8-13(20)17(21)18(16)24(15)3/h4,6,8,10,22-23,26H,5,7,9H2,1-3H3/b6-4-,22-14?/t10-/m1/s1. The summed E-state index contributed by atoms with van der Waals surface area (Å²) in [5, 5.41) is 22.7. The Hall–Kier alpha value is -2.02. The number of rotatable bonds is 4. The number of aromatic nitrogens is 1. The first-order valence-electron chi connectivity index (χ1n) is 8.65. The zero-order valence-corrected chi connectivity index (χ0v) is 16.9. The zero-order valence-electron chi connectivity index (χ0n) is 15.4. The van der Waals surface area contributed by atoms with Crippen LogP contribution in [-0.2, 0) is 24.8 Å². The highest BCUT2D eigenvalue weighted by molar-refractivity contribution is 6.46. The topological polar surface area (TPSA) is 81.4 Å². The van der Waals surface area contributed by atoms with Gasteiger partial charge in [0.25, 0.3) is 5.91 Å². The largest absolute Gasteiger partial charge is 0.394 e. The molecule has 3 N–H and O–H groups in total. The number of amides is 1. The van der Waals surface area contributed by atoms with E-state index in [-0.39, 0.29) is 5.91 Å². The van der Waals surface area contributed by atoms with Crippen LogP contribution in [0, 0.1) is 5.41 Å². The van der Waals surface area contributed by atoms with Crippen molar-refractivity contribution in [3.8, 4) is 0 Å². The summed E-state index contributed by atoms with van der Waals surface area (Å²) in [5.74, 6) is -0.301. The quantitative estimate of drug-likeness (QED) is 0.680. The molecule has 0 radical (unpaired) electrons. The predicted molar refractivity (Wildman–Crippen MR) is 109 cm³/mol. The number of allylic oxidation sites excluding steroid dienone is 1. The molecule has 0 bridgehead atoms. The van der Waals surface area contributed by atoms with Crippen LogP contribution in [0.2, 0.25) is 10.0 Å². The van der Waals surface area contributed by atoms with Crippen LogP contribution >= 0.6 is 23.2 Å². The Morgan fingerprint density at radius 1 is 1.44 bits per heavy atom. The Morgan fingerprint density at radius 2 is 2.15 bits per heavy atom. The average molecular weight is 409 g/mol. The molecule has 1 aromatic carbocycles. The molecule has 0 spiro atoms. The van der Waals surface area contributed by atoms with E-state index in [4.69, 9.17) is 28.6 Å². The molecule has 144 valence electrons. The monoisotopic (exact) mass is 408 g/mol. The molecule has 2 aromatic rings. The number of nitrogens with zero attached hydrogens (tertiary/aromatic N) is 2. The molecule has 2 heterocycles. The van der Waals surface area contributed by atoms with Crippen molar-refractivity contribution in [3.05, 3.63) is 45.2 Å². The normalized spacial score (nSPS) is 15.3. The molecule has 3 rings (SSSR count). The maximum atomic E-state index is 12.3. The third-order valence-electron chi connectivity index (χ3n) is 4.93. The molecule has 1 aromatic heterocycles. The van der Waals surface area contributed by atoms with Gasteiger partial charge in [-0.25, -0.2) is 0 Å². The van der Waals surface area contributed by atoms with Gasteiger partial charge in [-0.2, -0.15) is 0 Å². The summed E-state index contributed by atoms with van der Waals surface area (Å²) in [5.41, 5.74) is 3.73.